The van der Waals surface area contributed by atoms with Crippen molar-refractivity contribution in [3.05, 3.63) is 63.6 Å². The first-order chi connectivity index (χ1) is 17.2. The van der Waals surface area contributed by atoms with E-state index in [4.69, 9.17) is 23.2 Å². The molecule has 12 heteroatoms. The van der Waals surface area contributed by atoms with Gasteiger partial charge in [-0.05, 0) is 30.5 Å². The number of hydrogen-bond donors (Lipinski definition) is 2. The van der Waals surface area contributed by atoms with Gasteiger partial charge in [-0.2, -0.15) is 4.31 Å². The van der Waals surface area contributed by atoms with Crippen LogP contribution in [-0.4, -0.2) is 72.7 Å². The maximum absolute atomic E-state index is 13.2. The van der Waals surface area contributed by atoms with Crippen molar-refractivity contribution in [1.29, 1.82) is 0 Å². The van der Waals surface area contributed by atoms with Crippen LogP contribution in [0.25, 0.3) is 0 Å². The quantitative estimate of drug-likeness (QED) is 0.439. The summed E-state index contributed by atoms with van der Waals surface area (Å²) in [5, 5.41) is 12.5. The minimum Gasteiger partial charge on any atom is -0.465 e. The Morgan fingerprint density at radius 2 is 1.78 bits per heavy atom. The summed E-state index contributed by atoms with van der Waals surface area (Å²) >= 11 is 12.3. The standard InChI is InChI=1S/C24H26Cl2N4O5S/c25-20-2-1-3-21(26)22(20)36(34,35)30(18-8-9-18)12-10-19(31)15-27-14-16-4-6-17(7-5-16)23-28-11-13-29(23)24(32)33/h1-7,18,27H,8-15H2,(H,32,33). The number of ketones is 1. The fourth-order valence-corrected chi connectivity index (χ4v) is 6.81. The van der Waals surface area contributed by atoms with Gasteiger partial charge < -0.3 is 10.4 Å². The molecule has 1 aliphatic carbocycles. The number of halogens is 2. The molecule has 36 heavy (non-hydrogen) atoms. The third-order valence-corrected chi connectivity index (χ3v) is 8.89. The van der Waals surface area contributed by atoms with Crippen LogP contribution in [0.3, 0.4) is 0 Å². The Kier molecular flexibility index (Phi) is 8.31. The number of benzene rings is 2. The zero-order valence-electron chi connectivity index (χ0n) is 19.4. The van der Waals surface area contributed by atoms with Crippen molar-refractivity contribution in [2.75, 3.05) is 26.2 Å². The maximum Gasteiger partial charge on any atom is 0.413 e. The zero-order chi connectivity index (χ0) is 25.9. The minimum absolute atomic E-state index is 0.0582. The second kappa shape index (κ2) is 11.3. The molecular formula is C24H26Cl2N4O5S. The van der Waals surface area contributed by atoms with Gasteiger partial charge >= 0.3 is 6.09 Å². The Labute approximate surface area is 219 Å². The van der Waals surface area contributed by atoms with Crippen molar-refractivity contribution in [3.63, 3.8) is 0 Å². The highest BCUT2D eigenvalue weighted by Gasteiger charge is 2.39. The molecule has 0 radical (unpaired) electrons. The average Bonchev–Trinajstić information content (AvgIpc) is 3.53. The van der Waals surface area contributed by atoms with Gasteiger partial charge in [-0.15, -0.1) is 0 Å². The van der Waals surface area contributed by atoms with Crippen LogP contribution < -0.4 is 5.32 Å². The van der Waals surface area contributed by atoms with Crippen molar-refractivity contribution in [3.8, 4) is 0 Å². The highest BCUT2D eigenvalue weighted by molar-refractivity contribution is 7.89. The van der Waals surface area contributed by atoms with Gasteiger partial charge in [-0.1, -0.05) is 53.5 Å². The van der Waals surface area contributed by atoms with Crippen LogP contribution in [-0.2, 0) is 21.4 Å². The molecule has 192 valence electrons. The third kappa shape index (κ3) is 6.07. The summed E-state index contributed by atoms with van der Waals surface area (Å²) in [4.78, 5) is 29.2. The van der Waals surface area contributed by atoms with E-state index in [0.29, 0.717) is 25.5 Å². The Hall–Kier alpha value is -2.50. The molecule has 1 fully saturated rings. The van der Waals surface area contributed by atoms with Crippen molar-refractivity contribution < 1.29 is 23.1 Å². The highest BCUT2D eigenvalue weighted by Crippen LogP contribution is 2.37. The number of carboxylic acid groups (broad SMARTS) is 1. The van der Waals surface area contributed by atoms with E-state index in [1.807, 2.05) is 12.1 Å². The van der Waals surface area contributed by atoms with E-state index >= 15 is 0 Å². The second-order valence-corrected chi connectivity index (χ2v) is 11.3. The normalized spacial score (nSPS) is 15.9. The summed E-state index contributed by atoms with van der Waals surface area (Å²) in [6, 6.07) is 11.7. The molecule has 0 bridgehead atoms. The van der Waals surface area contributed by atoms with Crippen molar-refractivity contribution >= 4 is 50.9 Å². The predicted octanol–water partition coefficient (Wildman–Crippen LogP) is 3.64. The summed E-state index contributed by atoms with van der Waals surface area (Å²) in [6.45, 7) is 1.37. The van der Waals surface area contributed by atoms with Gasteiger partial charge in [0.15, 0.2) is 0 Å². The zero-order valence-corrected chi connectivity index (χ0v) is 21.7. The molecule has 0 atom stereocenters. The highest BCUT2D eigenvalue weighted by atomic mass is 35.5. The Morgan fingerprint density at radius 3 is 2.39 bits per heavy atom. The van der Waals surface area contributed by atoms with Crippen LogP contribution in [0, 0.1) is 0 Å². The molecule has 1 amide bonds. The number of nitrogens with one attached hydrogen (secondary N) is 1. The number of aliphatic imine (C=N–C) groups is 1. The number of sulfonamides is 1. The van der Waals surface area contributed by atoms with Gasteiger partial charge in [-0.3, -0.25) is 14.7 Å². The average molecular weight is 553 g/mol. The second-order valence-electron chi connectivity index (χ2n) is 8.63. The first kappa shape index (κ1) is 26.6. The lowest BCUT2D eigenvalue weighted by Crippen LogP contribution is -2.36. The Morgan fingerprint density at radius 1 is 1.11 bits per heavy atom. The summed E-state index contributed by atoms with van der Waals surface area (Å²) in [5.74, 6) is 0.320. The molecule has 9 nitrogen and oxygen atoms in total. The molecule has 2 aromatic carbocycles. The number of nitrogens with zero attached hydrogens (tertiary/aromatic N) is 3. The van der Waals surface area contributed by atoms with E-state index in [1.54, 1.807) is 18.2 Å². The van der Waals surface area contributed by atoms with Crippen LogP contribution in [0.1, 0.15) is 30.4 Å². The lowest BCUT2D eigenvalue weighted by atomic mass is 10.1. The molecule has 0 aromatic heterocycles. The molecular weight excluding hydrogens is 527 g/mol. The first-order valence-corrected chi connectivity index (χ1v) is 13.7. The third-order valence-electron chi connectivity index (χ3n) is 5.99. The smallest absolute Gasteiger partial charge is 0.413 e. The maximum atomic E-state index is 13.2. The van der Waals surface area contributed by atoms with Crippen LogP contribution in [0.2, 0.25) is 10.0 Å². The van der Waals surface area contributed by atoms with Crippen LogP contribution in [0.4, 0.5) is 4.79 Å². The Bertz CT molecular complexity index is 1260. The van der Waals surface area contributed by atoms with Crippen LogP contribution in [0.15, 0.2) is 52.4 Å². The molecule has 1 saturated carbocycles. The molecule has 2 aromatic rings. The lowest BCUT2D eigenvalue weighted by molar-refractivity contribution is -0.118. The summed E-state index contributed by atoms with van der Waals surface area (Å²) < 4.78 is 27.8. The van der Waals surface area contributed by atoms with Gasteiger partial charge in [0, 0.05) is 31.1 Å². The number of rotatable bonds is 11. The topological polar surface area (TPSA) is 119 Å². The monoisotopic (exact) mass is 552 g/mol. The molecule has 2 N–H and O–H groups in total. The van der Waals surface area contributed by atoms with E-state index in [0.717, 1.165) is 24.0 Å². The summed E-state index contributed by atoms with van der Waals surface area (Å²) in [5.41, 5.74) is 1.64. The van der Waals surface area contributed by atoms with E-state index in [-0.39, 0.29) is 46.3 Å². The molecule has 1 heterocycles. The van der Waals surface area contributed by atoms with Crippen LogP contribution in [0.5, 0.6) is 0 Å². The summed E-state index contributed by atoms with van der Waals surface area (Å²) in [7, 11) is -3.93. The number of carbonyl (C=O) groups is 2. The number of amidine groups is 1. The van der Waals surface area contributed by atoms with E-state index in [1.165, 1.54) is 21.3 Å². The fraction of sp³-hybridized carbons (Fsp3) is 0.375. The molecule has 4 rings (SSSR count). The molecule has 2 aliphatic rings. The molecule has 1 aliphatic heterocycles. The minimum atomic E-state index is -3.93. The number of carbonyl (C=O) groups excluding carboxylic acids is 1. The molecule has 0 unspecified atom stereocenters. The van der Waals surface area contributed by atoms with Gasteiger partial charge in [0.05, 0.1) is 29.7 Å². The van der Waals surface area contributed by atoms with Gasteiger partial charge in [-0.25, -0.2) is 13.2 Å². The number of amides is 1. The number of Topliss-reactive ketones (excluding diaryl/α,β-unsaturated/α-hetero) is 1. The molecule has 0 saturated heterocycles. The van der Waals surface area contributed by atoms with Crippen molar-refractivity contribution in [1.82, 2.24) is 14.5 Å². The van der Waals surface area contributed by atoms with Gasteiger partial charge in [0.2, 0.25) is 10.0 Å². The summed E-state index contributed by atoms with van der Waals surface area (Å²) in [6.07, 6.45) is 0.508. The lowest BCUT2D eigenvalue weighted by Gasteiger charge is -2.23. The van der Waals surface area contributed by atoms with Crippen molar-refractivity contribution in [2.45, 2.75) is 36.7 Å². The van der Waals surface area contributed by atoms with E-state index in [9.17, 15) is 23.1 Å². The Balaban J connectivity index is 1.29. The van der Waals surface area contributed by atoms with Crippen molar-refractivity contribution in [2.24, 2.45) is 4.99 Å². The largest absolute Gasteiger partial charge is 0.465 e. The molecule has 0 spiro atoms. The SMILES string of the molecule is O=C(CCN(C1CC1)S(=O)(=O)c1c(Cl)cccc1Cl)CNCc1ccc(C2=NCCN2C(=O)O)cc1. The van der Waals surface area contributed by atoms with Gasteiger partial charge in [0.25, 0.3) is 0 Å². The van der Waals surface area contributed by atoms with Gasteiger partial charge in [0.1, 0.15) is 16.5 Å². The predicted molar refractivity (Wildman–Crippen MR) is 137 cm³/mol. The fourth-order valence-electron chi connectivity index (χ4n) is 4.03. The van der Waals surface area contributed by atoms with Crippen LogP contribution >= 0.6 is 23.2 Å². The van der Waals surface area contributed by atoms with E-state index in [2.05, 4.69) is 10.3 Å². The first-order valence-electron chi connectivity index (χ1n) is 11.5. The van der Waals surface area contributed by atoms with E-state index < -0.39 is 16.1 Å². The number of hydrogen-bond acceptors (Lipinski definition) is 6.